The van der Waals surface area contributed by atoms with Gasteiger partial charge < -0.3 is 10.1 Å². The van der Waals surface area contributed by atoms with Crippen LogP contribution in [0, 0.1) is 0 Å². The predicted octanol–water partition coefficient (Wildman–Crippen LogP) is 4.20. The first-order valence-electron chi connectivity index (χ1n) is 8.77. The van der Waals surface area contributed by atoms with Crippen molar-refractivity contribution >= 4 is 34.3 Å². The van der Waals surface area contributed by atoms with Crippen molar-refractivity contribution in [2.45, 2.75) is 25.4 Å². The van der Waals surface area contributed by atoms with Crippen LogP contribution in [0.2, 0.25) is 0 Å². The Morgan fingerprint density at radius 1 is 1.30 bits per heavy atom. The Balaban J connectivity index is 1.39. The second kappa shape index (κ2) is 8.16. The summed E-state index contributed by atoms with van der Waals surface area (Å²) in [5, 5.41) is 16.8. The third kappa shape index (κ3) is 4.18. The van der Waals surface area contributed by atoms with Crippen LogP contribution in [0.1, 0.15) is 39.3 Å². The molecule has 27 heavy (non-hydrogen) atoms. The Kier molecular flexibility index (Phi) is 5.47. The highest BCUT2D eigenvalue weighted by molar-refractivity contribution is 7.13. The molecule has 1 saturated heterocycles. The van der Waals surface area contributed by atoms with Crippen LogP contribution in [0.5, 0.6) is 5.75 Å². The first kappa shape index (κ1) is 18.1. The Morgan fingerprint density at radius 2 is 2.15 bits per heavy atom. The highest BCUT2D eigenvalue weighted by atomic mass is 32.1. The van der Waals surface area contributed by atoms with E-state index in [0.29, 0.717) is 16.7 Å². The molecule has 3 heterocycles. The molecule has 4 rings (SSSR count). The number of hydrogen-bond donors (Lipinski definition) is 1. The van der Waals surface area contributed by atoms with Gasteiger partial charge in [-0.1, -0.05) is 11.3 Å². The normalized spacial score (nSPS) is 17.1. The summed E-state index contributed by atoms with van der Waals surface area (Å²) in [4.78, 5) is 14.8. The lowest BCUT2D eigenvalue weighted by molar-refractivity contribution is 0.102. The van der Waals surface area contributed by atoms with Crippen LogP contribution in [-0.4, -0.2) is 34.7 Å². The number of carbonyl (C=O) groups excluding carboxylic acids is 1. The number of hydrogen-bond acceptors (Lipinski definition) is 7. The molecule has 1 atom stereocenters. The van der Waals surface area contributed by atoms with Crippen LogP contribution in [0.3, 0.4) is 0 Å². The topological polar surface area (TPSA) is 67.3 Å². The van der Waals surface area contributed by atoms with Crippen molar-refractivity contribution in [2.75, 3.05) is 19.0 Å². The molecule has 1 amide bonds. The molecule has 2 aromatic heterocycles. The number of anilines is 1. The summed E-state index contributed by atoms with van der Waals surface area (Å²) in [6.45, 7) is 1.78. The average Bonchev–Trinajstić information content (AvgIpc) is 3.44. The van der Waals surface area contributed by atoms with Gasteiger partial charge >= 0.3 is 0 Å². The number of rotatable bonds is 6. The van der Waals surface area contributed by atoms with Crippen molar-refractivity contribution < 1.29 is 9.53 Å². The third-order valence-corrected chi connectivity index (χ3v) is 6.25. The smallest absolute Gasteiger partial charge is 0.286 e. The lowest BCUT2D eigenvalue weighted by Crippen LogP contribution is -2.22. The van der Waals surface area contributed by atoms with Gasteiger partial charge in [0, 0.05) is 11.7 Å². The minimum Gasteiger partial charge on any atom is -0.497 e. The molecule has 1 aromatic carbocycles. The molecule has 1 unspecified atom stereocenters. The van der Waals surface area contributed by atoms with Crippen molar-refractivity contribution in [3.05, 3.63) is 56.7 Å². The van der Waals surface area contributed by atoms with Gasteiger partial charge in [0.2, 0.25) is 5.01 Å². The lowest BCUT2D eigenvalue weighted by Gasteiger charge is -2.22. The maximum atomic E-state index is 12.4. The maximum Gasteiger partial charge on any atom is 0.286 e. The zero-order valence-electron chi connectivity index (χ0n) is 14.9. The number of thiophene rings is 1. The Bertz CT molecular complexity index is 893. The van der Waals surface area contributed by atoms with Crippen LogP contribution in [0.15, 0.2) is 41.1 Å². The molecule has 1 fully saturated rings. The summed E-state index contributed by atoms with van der Waals surface area (Å²) >= 11 is 3.09. The molecule has 1 N–H and O–H groups in total. The van der Waals surface area contributed by atoms with Crippen molar-refractivity contribution in [1.82, 2.24) is 15.1 Å². The zero-order valence-corrected chi connectivity index (χ0v) is 16.6. The number of likely N-dealkylation sites (tertiary alicyclic amines) is 1. The number of aromatic nitrogens is 2. The molecule has 1 aliphatic heterocycles. The summed E-state index contributed by atoms with van der Waals surface area (Å²) in [6, 6.07) is 9.85. The van der Waals surface area contributed by atoms with Crippen LogP contribution >= 0.6 is 22.7 Å². The molecule has 3 aromatic rings. The van der Waals surface area contributed by atoms with Gasteiger partial charge in [0.05, 0.1) is 13.7 Å². The Morgan fingerprint density at radius 3 is 2.89 bits per heavy atom. The second-order valence-electron chi connectivity index (χ2n) is 6.37. The van der Waals surface area contributed by atoms with Gasteiger partial charge in [-0.3, -0.25) is 9.69 Å². The molecular weight excluding hydrogens is 380 g/mol. The molecule has 0 radical (unpaired) electrons. The van der Waals surface area contributed by atoms with E-state index in [1.165, 1.54) is 29.7 Å². The molecule has 140 valence electrons. The Hall–Kier alpha value is -2.29. The molecule has 8 heteroatoms. The fourth-order valence-corrected chi connectivity index (χ4v) is 4.77. The molecule has 0 bridgehead atoms. The van der Waals surface area contributed by atoms with Crippen molar-refractivity contribution in [3.63, 3.8) is 0 Å². The molecule has 0 spiro atoms. The van der Waals surface area contributed by atoms with E-state index in [2.05, 4.69) is 37.2 Å². The van der Waals surface area contributed by atoms with Gasteiger partial charge in [-0.15, -0.1) is 10.2 Å². The first-order valence-corrected chi connectivity index (χ1v) is 10.5. The summed E-state index contributed by atoms with van der Waals surface area (Å²) in [6.07, 6.45) is 2.35. The largest absolute Gasteiger partial charge is 0.497 e. The van der Waals surface area contributed by atoms with E-state index < -0.39 is 0 Å². The summed E-state index contributed by atoms with van der Waals surface area (Å²) in [7, 11) is 1.61. The quantitative estimate of drug-likeness (QED) is 0.672. The van der Waals surface area contributed by atoms with Gasteiger partial charge in [-0.2, -0.15) is 11.3 Å². The average molecular weight is 401 g/mol. The summed E-state index contributed by atoms with van der Waals surface area (Å²) in [5.74, 6) is 0.511. The SMILES string of the molecule is COc1ccc(NC(=O)c2nnc(CN3CCCC3c3ccsc3)s2)cc1. The summed E-state index contributed by atoms with van der Waals surface area (Å²) in [5.41, 5.74) is 2.08. The van der Waals surface area contributed by atoms with E-state index in [1.807, 2.05) is 0 Å². The van der Waals surface area contributed by atoms with E-state index >= 15 is 0 Å². The van der Waals surface area contributed by atoms with Gasteiger partial charge in [0.15, 0.2) is 0 Å². The zero-order chi connectivity index (χ0) is 18.6. The van der Waals surface area contributed by atoms with Crippen molar-refractivity contribution in [3.8, 4) is 5.75 Å². The van der Waals surface area contributed by atoms with Gasteiger partial charge in [-0.25, -0.2) is 0 Å². The van der Waals surface area contributed by atoms with Gasteiger partial charge in [-0.05, 0) is 66.0 Å². The maximum absolute atomic E-state index is 12.4. The number of nitrogens with zero attached hydrogens (tertiary/aromatic N) is 3. The number of ether oxygens (including phenoxy) is 1. The standard InChI is InChI=1S/C19H20N4O2S2/c1-25-15-6-4-14(5-7-15)20-18(24)19-22-21-17(27-19)11-23-9-2-3-16(23)13-8-10-26-12-13/h4-8,10,12,16H,2-3,9,11H2,1H3,(H,20,24). The lowest BCUT2D eigenvalue weighted by atomic mass is 10.1. The van der Waals surface area contributed by atoms with E-state index in [9.17, 15) is 4.79 Å². The molecule has 0 aliphatic carbocycles. The molecule has 0 saturated carbocycles. The number of carbonyl (C=O) groups is 1. The van der Waals surface area contributed by atoms with Crippen LogP contribution < -0.4 is 10.1 Å². The minimum atomic E-state index is -0.236. The molecule has 1 aliphatic rings. The fourth-order valence-electron chi connectivity index (χ4n) is 3.30. The fraction of sp³-hybridized carbons (Fsp3) is 0.316. The summed E-state index contributed by atoms with van der Waals surface area (Å²) < 4.78 is 5.12. The third-order valence-electron chi connectivity index (χ3n) is 4.64. The predicted molar refractivity (Wildman–Crippen MR) is 108 cm³/mol. The van der Waals surface area contributed by atoms with Crippen molar-refractivity contribution in [2.24, 2.45) is 0 Å². The van der Waals surface area contributed by atoms with Crippen LogP contribution in [0.4, 0.5) is 5.69 Å². The van der Waals surface area contributed by atoms with E-state index in [-0.39, 0.29) is 5.91 Å². The van der Waals surface area contributed by atoms with Gasteiger partial charge in [0.25, 0.3) is 5.91 Å². The number of nitrogens with one attached hydrogen (secondary N) is 1. The minimum absolute atomic E-state index is 0.236. The molecule has 6 nitrogen and oxygen atoms in total. The number of methoxy groups -OCH3 is 1. The number of benzene rings is 1. The van der Waals surface area contributed by atoms with E-state index in [1.54, 1.807) is 42.7 Å². The first-order chi connectivity index (χ1) is 13.2. The monoisotopic (exact) mass is 400 g/mol. The van der Waals surface area contributed by atoms with Crippen LogP contribution in [0.25, 0.3) is 0 Å². The van der Waals surface area contributed by atoms with E-state index in [4.69, 9.17) is 4.74 Å². The highest BCUT2D eigenvalue weighted by Gasteiger charge is 2.27. The van der Waals surface area contributed by atoms with Gasteiger partial charge in [0.1, 0.15) is 10.8 Å². The second-order valence-corrected chi connectivity index (χ2v) is 8.21. The Labute approximate surface area is 165 Å². The highest BCUT2D eigenvalue weighted by Crippen LogP contribution is 2.34. The van der Waals surface area contributed by atoms with Crippen molar-refractivity contribution in [1.29, 1.82) is 0 Å². The number of amides is 1. The molecular formula is C19H20N4O2S2. The van der Waals surface area contributed by atoms with E-state index in [0.717, 1.165) is 23.8 Å². The van der Waals surface area contributed by atoms with Crippen LogP contribution in [-0.2, 0) is 6.54 Å².